The Hall–Kier alpha value is -0.550. The van der Waals surface area contributed by atoms with Gasteiger partial charge in [0.2, 0.25) is 5.89 Å². The first kappa shape index (κ1) is 9.98. The molecule has 2 heterocycles. The summed E-state index contributed by atoms with van der Waals surface area (Å²) in [5, 5.41) is 7.48. The molecule has 0 aliphatic carbocycles. The van der Waals surface area contributed by atoms with Gasteiger partial charge in [-0.2, -0.15) is 4.98 Å². The zero-order valence-electron chi connectivity index (χ0n) is 8.32. The number of hydrogen-bond acceptors (Lipinski definition) is 5. The summed E-state index contributed by atoms with van der Waals surface area (Å²) in [7, 11) is 1.92. The highest BCUT2D eigenvalue weighted by atomic mass is 32.2. The number of nitrogens with one attached hydrogen (secondary N) is 1. The van der Waals surface area contributed by atoms with E-state index in [-0.39, 0.29) is 0 Å². The third-order valence-corrected chi connectivity index (χ3v) is 3.65. The number of likely N-dealkylation sites (N-methyl/N-ethyl adjacent to an activating group) is 1. The summed E-state index contributed by atoms with van der Waals surface area (Å²) >= 11 is 1.92. The minimum absolute atomic E-state index is 0.450. The lowest BCUT2D eigenvalue weighted by molar-refractivity contribution is 0.369. The monoisotopic (exact) mass is 213 g/mol. The van der Waals surface area contributed by atoms with Crippen molar-refractivity contribution in [3.63, 3.8) is 0 Å². The van der Waals surface area contributed by atoms with Gasteiger partial charge < -0.3 is 9.84 Å². The SMILES string of the molecule is CNCCc1noc(C2CCCS2)n1. The highest BCUT2D eigenvalue weighted by Gasteiger charge is 2.23. The van der Waals surface area contributed by atoms with Gasteiger partial charge in [-0.05, 0) is 25.6 Å². The van der Waals surface area contributed by atoms with Gasteiger partial charge >= 0.3 is 0 Å². The van der Waals surface area contributed by atoms with Gasteiger partial charge in [-0.15, -0.1) is 11.8 Å². The lowest BCUT2D eigenvalue weighted by Gasteiger charge is -1.98. The minimum atomic E-state index is 0.450. The number of nitrogens with zero attached hydrogens (tertiary/aromatic N) is 2. The predicted molar refractivity (Wildman–Crippen MR) is 56.4 cm³/mol. The number of hydrogen-bond donors (Lipinski definition) is 1. The molecule has 0 aromatic carbocycles. The van der Waals surface area contributed by atoms with Gasteiger partial charge in [-0.25, -0.2) is 0 Å². The normalized spacial score (nSPS) is 21.6. The fraction of sp³-hybridized carbons (Fsp3) is 0.778. The van der Waals surface area contributed by atoms with Gasteiger partial charge in [0.25, 0.3) is 0 Å². The molecule has 1 aliphatic heterocycles. The minimum Gasteiger partial charge on any atom is -0.338 e. The maximum Gasteiger partial charge on any atom is 0.239 e. The van der Waals surface area contributed by atoms with Crippen LogP contribution in [-0.2, 0) is 6.42 Å². The van der Waals surface area contributed by atoms with Crippen LogP contribution in [0.15, 0.2) is 4.52 Å². The van der Waals surface area contributed by atoms with E-state index < -0.39 is 0 Å². The molecular formula is C9H15N3OS. The van der Waals surface area contributed by atoms with Gasteiger partial charge in [0.15, 0.2) is 5.82 Å². The molecule has 14 heavy (non-hydrogen) atoms. The molecule has 2 rings (SSSR count). The van der Waals surface area contributed by atoms with E-state index in [9.17, 15) is 0 Å². The molecule has 1 atom stereocenters. The van der Waals surface area contributed by atoms with Crippen molar-refractivity contribution in [2.45, 2.75) is 24.5 Å². The van der Waals surface area contributed by atoms with Crippen LogP contribution in [0.2, 0.25) is 0 Å². The fourth-order valence-electron chi connectivity index (χ4n) is 1.51. The van der Waals surface area contributed by atoms with Crippen LogP contribution in [0.4, 0.5) is 0 Å². The first-order chi connectivity index (χ1) is 6.90. The second-order valence-electron chi connectivity index (χ2n) is 3.40. The summed E-state index contributed by atoms with van der Waals surface area (Å²) in [6, 6.07) is 0. The van der Waals surface area contributed by atoms with E-state index in [4.69, 9.17) is 4.52 Å². The summed E-state index contributed by atoms with van der Waals surface area (Å²) < 4.78 is 5.24. The molecule has 1 aliphatic rings. The highest BCUT2D eigenvalue weighted by Crippen LogP contribution is 2.38. The zero-order chi connectivity index (χ0) is 9.80. The van der Waals surface area contributed by atoms with Crippen LogP contribution in [0, 0.1) is 0 Å². The third kappa shape index (κ3) is 2.27. The van der Waals surface area contributed by atoms with Crippen molar-refractivity contribution < 1.29 is 4.52 Å². The van der Waals surface area contributed by atoms with Gasteiger partial charge in [0.05, 0.1) is 5.25 Å². The molecular weight excluding hydrogens is 198 g/mol. The van der Waals surface area contributed by atoms with Gasteiger partial charge in [0, 0.05) is 13.0 Å². The summed E-state index contributed by atoms with van der Waals surface area (Å²) in [6.07, 6.45) is 3.29. The first-order valence-electron chi connectivity index (χ1n) is 4.99. The average Bonchev–Trinajstić information content (AvgIpc) is 2.85. The van der Waals surface area contributed by atoms with Crippen LogP contribution < -0.4 is 5.32 Å². The molecule has 1 unspecified atom stereocenters. The van der Waals surface area contributed by atoms with Crippen molar-refractivity contribution in [3.8, 4) is 0 Å². The van der Waals surface area contributed by atoms with Crippen LogP contribution in [0.25, 0.3) is 0 Å². The third-order valence-electron chi connectivity index (χ3n) is 2.29. The van der Waals surface area contributed by atoms with E-state index in [2.05, 4.69) is 15.5 Å². The molecule has 0 radical (unpaired) electrons. The van der Waals surface area contributed by atoms with Crippen LogP contribution in [-0.4, -0.2) is 29.5 Å². The van der Waals surface area contributed by atoms with E-state index in [0.717, 1.165) is 24.7 Å². The Balaban J connectivity index is 1.94. The lowest BCUT2D eigenvalue weighted by Crippen LogP contribution is -2.11. The maximum absolute atomic E-state index is 5.24. The molecule has 5 heteroatoms. The van der Waals surface area contributed by atoms with Crippen molar-refractivity contribution >= 4 is 11.8 Å². The van der Waals surface area contributed by atoms with E-state index in [1.807, 2.05) is 18.8 Å². The Morgan fingerprint density at radius 3 is 3.29 bits per heavy atom. The highest BCUT2D eigenvalue weighted by molar-refractivity contribution is 7.99. The summed E-state index contributed by atoms with van der Waals surface area (Å²) in [5.74, 6) is 2.86. The van der Waals surface area contributed by atoms with E-state index in [1.165, 1.54) is 18.6 Å². The van der Waals surface area contributed by atoms with Crippen molar-refractivity contribution in [1.29, 1.82) is 0 Å². The van der Waals surface area contributed by atoms with Crippen molar-refractivity contribution in [1.82, 2.24) is 15.5 Å². The molecule has 0 saturated carbocycles. The van der Waals surface area contributed by atoms with Crippen molar-refractivity contribution in [2.75, 3.05) is 19.3 Å². The average molecular weight is 213 g/mol. The van der Waals surface area contributed by atoms with E-state index in [1.54, 1.807) is 0 Å². The molecule has 1 aromatic rings. The Morgan fingerprint density at radius 1 is 1.64 bits per heavy atom. The Kier molecular flexibility index (Phi) is 3.42. The van der Waals surface area contributed by atoms with Gasteiger partial charge in [-0.3, -0.25) is 0 Å². The van der Waals surface area contributed by atoms with Crippen LogP contribution in [0.1, 0.15) is 29.8 Å². The fourth-order valence-corrected chi connectivity index (χ4v) is 2.70. The molecule has 1 N–H and O–H groups in total. The molecule has 0 bridgehead atoms. The standard InChI is InChI=1S/C9H15N3OS/c1-10-5-4-8-11-9(13-12-8)7-3-2-6-14-7/h7,10H,2-6H2,1H3. The Morgan fingerprint density at radius 2 is 2.57 bits per heavy atom. The Labute approximate surface area is 87.8 Å². The molecule has 4 nitrogen and oxygen atoms in total. The molecule has 1 saturated heterocycles. The summed E-state index contributed by atoms with van der Waals surface area (Å²) in [6.45, 7) is 0.900. The van der Waals surface area contributed by atoms with Crippen molar-refractivity contribution in [2.24, 2.45) is 0 Å². The van der Waals surface area contributed by atoms with Crippen molar-refractivity contribution in [3.05, 3.63) is 11.7 Å². The van der Waals surface area contributed by atoms with Gasteiger partial charge in [0.1, 0.15) is 0 Å². The topological polar surface area (TPSA) is 51.0 Å². The van der Waals surface area contributed by atoms with Gasteiger partial charge in [-0.1, -0.05) is 5.16 Å². The van der Waals surface area contributed by atoms with E-state index in [0.29, 0.717) is 5.25 Å². The molecule has 1 aromatic heterocycles. The lowest BCUT2D eigenvalue weighted by atomic mass is 10.2. The molecule has 1 fully saturated rings. The number of aromatic nitrogens is 2. The Bertz CT molecular complexity index is 283. The summed E-state index contributed by atoms with van der Waals surface area (Å²) in [4.78, 5) is 4.39. The van der Waals surface area contributed by atoms with Crippen LogP contribution >= 0.6 is 11.8 Å². The quantitative estimate of drug-likeness (QED) is 0.819. The molecule has 78 valence electrons. The zero-order valence-corrected chi connectivity index (χ0v) is 9.14. The van der Waals surface area contributed by atoms with Crippen LogP contribution in [0.3, 0.4) is 0 Å². The number of rotatable bonds is 4. The smallest absolute Gasteiger partial charge is 0.239 e. The number of thioether (sulfide) groups is 1. The maximum atomic E-state index is 5.24. The second-order valence-corrected chi connectivity index (χ2v) is 4.71. The van der Waals surface area contributed by atoms with E-state index >= 15 is 0 Å². The predicted octanol–water partition coefficient (Wildman–Crippen LogP) is 1.40. The summed E-state index contributed by atoms with van der Waals surface area (Å²) in [5.41, 5.74) is 0. The molecule has 0 amide bonds. The first-order valence-corrected chi connectivity index (χ1v) is 6.03. The largest absolute Gasteiger partial charge is 0.338 e. The molecule has 0 spiro atoms. The van der Waals surface area contributed by atoms with Crippen LogP contribution in [0.5, 0.6) is 0 Å². The second kappa shape index (κ2) is 4.79.